The summed E-state index contributed by atoms with van der Waals surface area (Å²) in [5.74, 6) is 0.716. The zero-order chi connectivity index (χ0) is 21.3. The van der Waals surface area contributed by atoms with Gasteiger partial charge in [0.25, 0.3) is 5.56 Å². The first-order chi connectivity index (χ1) is 13.8. The minimum absolute atomic E-state index is 0.232. The maximum absolute atomic E-state index is 13.5. The average Bonchev–Trinajstić information content (AvgIpc) is 2.68. The summed E-state index contributed by atoms with van der Waals surface area (Å²) in [6.45, 7) is 1.11. The number of hydrogen-bond acceptors (Lipinski definition) is 5. The Morgan fingerprint density at radius 1 is 1.03 bits per heavy atom. The molecule has 0 unspecified atom stereocenters. The highest BCUT2D eigenvalue weighted by atomic mass is 35.5. The third-order valence-electron chi connectivity index (χ3n) is 4.56. The Kier molecular flexibility index (Phi) is 6.58. The van der Waals surface area contributed by atoms with E-state index in [1.807, 2.05) is 19.0 Å². The van der Waals surface area contributed by atoms with E-state index in [1.165, 1.54) is 14.2 Å². The standard InChI is InChI=1S/C20H20Cl3N3O3/c1-25(2)5-6-26-13-8-16(21)24-10-11(13)7-12(20(26)27)17-18(22)14(28-3)9-15(29-4)19(17)23/h7-10H,5-6H2,1-4H3. The molecule has 0 amide bonds. The second-order valence-electron chi connectivity index (χ2n) is 6.67. The zero-order valence-corrected chi connectivity index (χ0v) is 18.7. The Balaban J connectivity index is 2.38. The van der Waals surface area contributed by atoms with Crippen LogP contribution < -0.4 is 15.0 Å². The Hall–Kier alpha value is -1.99. The number of methoxy groups -OCH3 is 2. The topological polar surface area (TPSA) is 56.6 Å². The molecule has 0 aliphatic carbocycles. The summed E-state index contributed by atoms with van der Waals surface area (Å²) in [7, 11) is 6.85. The van der Waals surface area contributed by atoms with Crippen molar-refractivity contribution in [3.8, 4) is 22.6 Å². The van der Waals surface area contributed by atoms with Crippen molar-refractivity contribution in [3.63, 3.8) is 0 Å². The Morgan fingerprint density at radius 3 is 2.21 bits per heavy atom. The molecule has 9 heteroatoms. The average molecular weight is 457 g/mol. The lowest BCUT2D eigenvalue weighted by molar-refractivity contribution is 0.384. The summed E-state index contributed by atoms with van der Waals surface area (Å²) in [6.07, 6.45) is 1.62. The fraction of sp³-hybridized carbons (Fsp3) is 0.300. The number of rotatable bonds is 6. The van der Waals surface area contributed by atoms with Crippen LogP contribution in [0.5, 0.6) is 11.5 Å². The number of fused-ring (bicyclic) bond motifs is 1. The smallest absolute Gasteiger partial charge is 0.259 e. The minimum atomic E-state index is -0.249. The molecule has 0 saturated carbocycles. The van der Waals surface area contributed by atoms with E-state index in [-0.39, 0.29) is 15.6 Å². The molecule has 0 fully saturated rings. The lowest BCUT2D eigenvalue weighted by Gasteiger charge is -2.18. The summed E-state index contributed by atoms with van der Waals surface area (Å²) in [5.41, 5.74) is 1.11. The monoisotopic (exact) mass is 455 g/mol. The first-order valence-electron chi connectivity index (χ1n) is 8.72. The molecule has 154 valence electrons. The fourth-order valence-corrected chi connectivity index (χ4v) is 3.93. The van der Waals surface area contributed by atoms with Gasteiger partial charge in [0.05, 0.1) is 35.3 Å². The maximum Gasteiger partial charge on any atom is 0.259 e. The fourth-order valence-electron chi connectivity index (χ4n) is 3.07. The van der Waals surface area contributed by atoms with E-state index in [2.05, 4.69) is 4.98 Å². The van der Waals surface area contributed by atoms with Crippen LogP contribution in [-0.4, -0.2) is 49.3 Å². The Bertz CT molecular complexity index is 1100. The van der Waals surface area contributed by atoms with Crippen molar-refractivity contribution in [2.75, 3.05) is 34.9 Å². The van der Waals surface area contributed by atoms with Crippen molar-refractivity contribution in [2.24, 2.45) is 0 Å². The van der Waals surface area contributed by atoms with Gasteiger partial charge in [-0.2, -0.15) is 0 Å². The third-order valence-corrected chi connectivity index (χ3v) is 5.52. The predicted molar refractivity (Wildman–Crippen MR) is 118 cm³/mol. The number of likely N-dealkylation sites (N-methyl/N-ethyl adjacent to an activating group) is 1. The van der Waals surface area contributed by atoms with Crippen LogP contribution in [0, 0.1) is 0 Å². The van der Waals surface area contributed by atoms with Crippen molar-refractivity contribution in [3.05, 3.63) is 49.9 Å². The van der Waals surface area contributed by atoms with Gasteiger partial charge in [-0.1, -0.05) is 34.8 Å². The molecule has 0 aliphatic rings. The lowest BCUT2D eigenvalue weighted by atomic mass is 10.0. The number of benzene rings is 1. The molecule has 2 heterocycles. The molecule has 0 N–H and O–H groups in total. The summed E-state index contributed by atoms with van der Waals surface area (Å²) in [5, 5.41) is 1.51. The van der Waals surface area contributed by atoms with E-state index in [0.29, 0.717) is 46.4 Å². The second-order valence-corrected chi connectivity index (χ2v) is 7.81. The van der Waals surface area contributed by atoms with Crippen LogP contribution in [0.4, 0.5) is 0 Å². The zero-order valence-electron chi connectivity index (χ0n) is 16.4. The molecule has 1 aromatic carbocycles. The summed E-state index contributed by atoms with van der Waals surface area (Å²) in [6, 6.07) is 4.97. The van der Waals surface area contributed by atoms with E-state index >= 15 is 0 Å². The number of nitrogens with zero attached hydrogens (tertiary/aromatic N) is 3. The summed E-state index contributed by atoms with van der Waals surface area (Å²) >= 11 is 19.2. The summed E-state index contributed by atoms with van der Waals surface area (Å²) < 4.78 is 12.3. The molecule has 0 aliphatic heterocycles. The van der Waals surface area contributed by atoms with Gasteiger partial charge in [-0.15, -0.1) is 0 Å². The Morgan fingerprint density at radius 2 is 1.66 bits per heavy atom. The number of ether oxygens (including phenoxy) is 2. The van der Waals surface area contributed by atoms with Gasteiger partial charge in [0, 0.05) is 36.3 Å². The number of hydrogen-bond donors (Lipinski definition) is 0. The van der Waals surface area contributed by atoms with Crippen molar-refractivity contribution in [1.82, 2.24) is 14.5 Å². The van der Waals surface area contributed by atoms with Gasteiger partial charge >= 0.3 is 0 Å². The molecule has 29 heavy (non-hydrogen) atoms. The predicted octanol–water partition coefficient (Wildman–Crippen LogP) is 4.60. The van der Waals surface area contributed by atoms with Crippen LogP contribution in [0.15, 0.2) is 29.2 Å². The van der Waals surface area contributed by atoms with E-state index in [1.54, 1.807) is 29.0 Å². The van der Waals surface area contributed by atoms with Crippen LogP contribution in [0.25, 0.3) is 22.0 Å². The molecule has 3 aromatic rings. The highest BCUT2D eigenvalue weighted by Gasteiger charge is 2.22. The van der Waals surface area contributed by atoms with Gasteiger partial charge in [-0.25, -0.2) is 4.98 Å². The SMILES string of the molecule is COc1cc(OC)c(Cl)c(-c2cc3cnc(Cl)cc3n(CCN(C)C)c2=O)c1Cl. The number of aromatic nitrogens is 2. The number of pyridine rings is 2. The van der Waals surface area contributed by atoms with Gasteiger partial charge in [0.2, 0.25) is 0 Å². The van der Waals surface area contributed by atoms with Crippen LogP contribution in [0.1, 0.15) is 0 Å². The van der Waals surface area contributed by atoms with Gasteiger partial charge in [-0.3, -0.25) is 4.79 Å². The van der Waals surface area contributed by atoms with Gasteiger partial charge in [0.15, 0.2) is 0 Å². The minimum Gasteiger partial charge on any atom is -0.495 e. The molecular formula is C20H20Cl3N3O3. The highest BCUT2D eigenvalue weighted by Crippen LogP contribution is 2.45. The first kappa shape index (κ1) is 21.7. The van der Waals surface area contributed by atoms with E-state index in [4.69, 9.17) is 44.3 Å². The second kappa shape index (κ2) is 8.79. The molecule has 0 bridgehead atoms. The van der Waals surface area contributed by atoms with E-state index in [0.717, 1.165) is 5.39 Å². The van der Waals surface area contributed by atoms with Crippen LogP contribution >= 0.6 is 34.8 Å². The quantitative estimate of drug-likeness (QED) is 0.507. The third kappa shape index (κ3) is 4.16. The molecular weight excluding hydrogens is 437 g/mol. The van der Waals surface area contributed by atoms with Crippen molar-refractivity contribution >= 4 is 45.7 Å². The highest BCUT2D eigenvalue weighted by molar-refractivity contribution is 6.41. The molecule has 0 saturated heterocycles. The lowest BCUT2D eigenvalue weighted by Crippen LogP contribution is -2.28. The van der Waals surface area contributed by atoms with E-state index < -0.39 is 0 Å². The van der Waals surface area contributed by atoms with Gasteiger partial charge < -0.3 is 18.9 Å². The van der Waals surface area contributed by atoms with Gasteiger partial charge in [-0.05, 0) is 26.2 Å². The maximum atomic E-state index is 13.5. The molecule has 0 atom stereocenters. The van der Waals surface area contributed by atoms with Gasteiger partial charge in [0.1, 0.15) is 16.7 Å². The largest absolute Gasteiger partial charge is 0.495 e. The van der Waals surface area contributed by atoms with Crippen molar-refractivity contribution in [1.29, 1.82) is 0 Å². The van der Waals surface area contributed by atoms with Crippen molar-refractivity contribution < 1.29 is 9.47 Å². The normalized spacial score (nSPS) is 11.3. The molecule has 0 spiro atoms. The Labute approximate surface area is 183 Å². The van der Waals surface area contributed by atoms with Crippen LogP contribution in [-0.2, 0) is 6.54 Å². The number of halogens is 3. The molecule has 3 rings (SSSR count). The first-order valence-corrected chi connectivity index (χ1v) is 9.86. The molecule has 6 nitrogen and oxygen atoms in total. The van der Waals surface area contributed by atoms with Crippen LogP contribution in [0.2, 0.25) is 15.2 Å². The summed E-state index contributed by atoms with van der Waals surface area (Å²) in [4.78, 5) is 19.6. The molecule has 2 aromatic heterocycles. The van der Waals surface area contributed by atoms with Crippen molar-refractivity contribution in [2.45, 2.75) is 6.54 Å². The molecule has 0 radical (unpaired) electrons. The van der Waals surface area contributed by atoms with E-state index in [9.17, 15) is 4.79 Å². The van der Waals surface area contributed by atoms with Crippen LogP contribution in [0.3, 0.4) is 0 Å².